The number of ether oxygens (including phenoxy) is 1. The highest BCUT2D eigenvalue weighted by atomic mass is 16.5. The molecule has 6 heteroatoms. The Morgan fingerprint density at radius 1 is 1.26 bits per heavy atom. The lowest BCUT2D eigenvalue weighted by molar-refractivity contribution is 0.0992. The van der Waals surface area contributed by atoms with E-state index in [1.807, 2.05) is 24.1 Å². The van der Waals surface area contributed by atoms with E-state index in [1.165, 1.54) is 0 Å². The Hall–Kier alpha value is -2.47. The van der Waals surface area contributed by atoms with Gasteiger partial charge in [-0.2, -0.15) is 0 Å². The number of carbonyl (C=O) groups excluding carboxylic acids is 1. The molecular weight excluding hydrogens is 292 g/mol. The van der Waals surface area contributed by atoms with Crippen molar-refractivity contribution >= 4 is 17.4 Å². The summed E-state index contributed by atoms with van der Waals surface area (Å²) >= 11 is 0. The lowest BCUT2D eigenvalue weighted by atomic mass is 10.2. The first kappa shape index (κ1) is 15.4. The van der Waals surface area contributed by atoms with Crippen LogP contribution in [0.1, 0.15) is 23.2 Å². The number of rotatable bonds is 4. The summed E-state index contributed by atoms with van der Waals surface area (Å²) in [6, 6.07) is 7.30. The minimum absolute atomic E-state index is 0.0862. The van der Waals surface area contributed by atoms with E-state index < -0.39 is 0 Å². The molecule has 2 aromatic rings. The molecule has 0 aromatic carbocycles. The van der Waals surface area contributed by atoms with Gasteiger partial charge in [-0.05, 0) is 37.1 Å². The quantitative estimate of drug-likeness (QED) is 0.867. The second-order valence-electron chi connectivity index (χ2n) is 5.56. The average Bonchev–Trinajstić information content (AvgIpc) is 3.15. The fourth-order valence-electron chi connectivity index (χ4n) is 2.60. The fraction of sp³-hybridized carbons (Fsp3) is 0.353. The van der Waals surface area contributed by atoms with Gasteiger partial charge in [-0.25, -0.2) is 4.98 Å². The SMILES string of the molecule is CN(C(=O)c1cccnc1)c1ccc(N(C)C2CCCO2)nc1. The highest BCUT2D eigenvalue weighted by molar-refractivity contribution is 6.05. The van der Waals surface area contributed by atoms with E-state index in [9.17, 15) is 4.79 Å². The Labute approximate surface area is 135 Å². The zero-order valence-electron chi connectivity index (χ0n) is 13.3. The maximum absolute atomic E-state index is 12.4. The molecule has 23 heavy (non-hydrogen) atoms. The van der Waals surface area contributed by atoms with Crippen LogP contribution in [0.2, 0.25) is 0 Å². The van der Waals surface area contributed by atoms with Gasteiger partial charge >= 0.3 is 0 Å². The monoisotopic (exact) mass is 312 g/mol. The largest absolute Gasteiger partial charge is 0.358 e. The zero-order chi connectivity index (χ0) is 16.2. The number of aromatic nitrogens is 2. The molecule has 0 N–H and O–H groups in total. The van der Waals surface area contributed by atoms with Crippen LogP contribution in [0, 0.1) is 0 Å². The van der Waals surface area contributed by atoms with Crippen LogP contribution in [0.4, 0.5) is 11.5 Å². The van der Waals surface area contributed by atoms with Crippen molar-refractivity contribution in [3.63, 3.8) is 0 Å². The van der Waals surface area contributed by atoms with Crippen molar-refractivity contribution in [1.29, 1.82) is 0 Å². The van der Waals surface area contributed by atoms with Crippen molar-refractivity contribution in [1.82, 2.24) is 9.97 Å². The summed E-state index contributed by atoms with van der Waals surface area (Å²) in [7, 11) is 3.71. The summed E-state index contributed by atoms with van der Waals surface area (Å²) in [5.41, 5.74) is 1.29. The van der Waals surface area contributed by atoms with Gasteiger partial charge in [-0.15, -0.1) is 0 Å². The number of amides is 1. The van der Waals surface area contributed by atoms with Crippen LogP contribution in [-0.2, 0) is 4.74 Å². The third-order valence-corrected chi connectivity index (χ3v) is 4.03. The first-order chi connectivity index (χ1) is 11.2. The standard InChI is InChI=1S/C17H20N4O2/c1-20(17(22)13-5-3-9-18-11-13)14-7-8-15(19-12-14)21(2)16-6-4-10-23-16/h3,5,7-9,11-12,16H,4,6,10H2,1-2H3. The fourth-order valence-corrected chi connectivity index (χ4v) is 2.60. The average molecular weight is 312 g/mol. The Bertz CT molecular complexity index is 654. The van der Waals surface area contributed by atoms with E-state index in [2.05, 4.69) is 9.97 Å². The molecule has 0 spiro atoms. The van der Waals surface area contributed by atoms with Gasteiger partial charge in [0.2, 0.25) is 0 Å². The molecule has 0 aliphatic carbocycles. The third-order valence-electron chi connectivity index (χ3n) is 4.03. The minimum Gasteiger partial charge on any atom is -0.358 e. The van der Waals surface area contributed by atoms with Crippen molar-refractivity contribution in [3.8, 4) is 0 Å². The Morgan fingerprint density at radius 2 is 2.13 bits per heavy atom. The van der Waals surface area contributed by atoms with Gasteiger partial charge in [0.15, 0.2) is 0 Å². The summed E-state index contributed by atoms with van der Waals surface area (Å²) in [6.07, 6.45) is 7.09. The van der Waals surface area contributed by atoms with E-state index in [1.54, 1.807) is 42.7 Å². The number of hydrogen-bond donors (Lipinski definition) is 0. The minimum atomic E-state index is -0.111. The van der Waals surface area contributed by atoms with Gasteiger partial charge in [0.1, 0.15) is 12.0 Å². The van der Waals surface area contributed by atoms with E-state index in [0.29, 0.717) is 5.56 Å². The van der Waals surface area contributed by atoms with E-state index in [4.69, 9.17) is 4.74 Å². The van der Waals surface area contributed by atoms with Crippen LogP contribution in [0.5, 0.6) is 0 Å². The van der Waals surface area contributed by atoms with Gasteiger partial charge in [0.05, 0.1) is 17.4 Å². The Balaban J connectivity index is 1.72. The van der Waals surface area contributed by atoms with Crippen molar-refractivity contribution in [2.24, 2.45) is 0 Å². The maximum atomic E-state index is 12.4. The maximum Gasteiger partial charge on any atom is 0.259 e. The summed E-state index contributed by atoms with van der Waals surface area (Å²) in [6.45, 7) is 0.801. The van der Waals surface area contributed by atoms with E-state index in [0.717, 1.165) is 31.0 Å². The number of anilines is 2. The van der Waals surface area contributed by atoms with Crippen molar-refractivity contribution in [3.05, 3.63) is 48.4 Å². The molecule has 0 bridgehead atoms. The molecule has 1 saturated heterocycles. The molecule has 6 nitrogen and oxygen atoms in total. The summed E-state index contributed by atoms with van der Waals surface area (Å²) < 4.78 is 5.66. The molecule has 120 valence electrons. The number of pyridine rings is 2. The number of hydrogen-bond acceptors (Lipinski definition) is 5. The predicted octanol–water partition coefficient (Wildman–Crippen LogP) is 2.33. The van der Waals surface area contributed by atoms with Crippen LogP contribution in [-0.4, -0.2) is 42.8 Å². The molecule has 1 aliphatic heterocycles. The van der Waals surface area contributed by atoms with Gasteiger partial charge in [-0.1, -0.05) is 0 Å². The third kappa shape index (κ3) is 3.32. The van der Waals surface area contributed by atoms with E-state index >= 15 is 0 Å². The first-order valence-electron chi connectivity index (χ1n) is 7.65. The van der Waals surface area contributed by atoms with E-state index in [-0.39, 0.29) is 12.1 Å². The molecule has 1 unspecified atom stereocenters. The highest BCUT2D eigenvalue weighted by Crippen LogP contribution is 2.23. The molecule has 1 amide bonds. The molecule has 1 atom stereocenters. The first-order valence-corrected chi connectivity index (χ1v) is 7.65. The second kappa shape index (κ2) is 6.75. The Kier molecular flexibility index (Phi) is 4.52. The van der Waals surface area contributed by atoms with Gasteiger partial charge in [0, 0.05) is 33.1 Å². The topological polar surface area (TPSA) is 58.6 Å². The zero-order valence-corrected chi connectivity index (χ0v) is 13.3. The lowest BCUT2D eigenvalue weighted by Gasteiger charge is -2.25. The predicted molar refractivity (Wildman–Crippen MR) is 88.6 cm³/mol. The summed E-state index contributed by atoms with van der Waals surface area (Å²) in [5.74, 6) is 0.725. The molecule has 2 aromatic heterocycles. The van der Waals surface area contributed by atoms with Crippen molar-refractivity contribution in [2.45, 2.75) is 19.1 Å². The van der Waals surface area contributed by atoms with Crippen LogP contribution in [0.15, 0.2) is 42.9 Å². The normalized spacial score (nSPS) is 17.0. The molecule has 3 rings (SSSR count). The van der Waals surface area contributed by atoms with Crippen LogP contribution in [0.25, 0.3) is 0 Å². The van der Waals surface area contributed by atoms with Gasteiger partial charge in [-0.3, -0.25) is 9.78 Å². The van der Waals surface area contributed by atoms with Crippen molar-refractivity contribution in [2.75, 3.05) is 30.5 Å². The molecule has 1 aliphatic rings. The van der Waals surface area contributed by atoms with Crippen LogP contribution in [0.3, 0.4) is 0 Å². The van der Waals surface area contributed by atoms with Crippen LogP contribution < -0.4 is 9.80 Å². The smallest absolute Gasteiger partial charge is 0.259 e. The van der Waals surface area contributed by atoms with Gasteiger partial charge < -0.3 is 14.5 Å². The van der Waals surface area contributed by atoms with Crippen LogP contribution >= 0.6 is 0 Å². The molecule has 0 saturated carbocycles. The van der Waals surface area contributed by atoms with Gasteiger partial charge in [0.25, 0.3) is 5.91 Å². The molecule has 1 fully saturated rings. The number of carbonyl (C=O) groups is 1. The second-order valence-corrected chi connectivity index (χ2v) is 5.56. The van der Waals surface area contributed by atoms with Crippen molar-refractivity contribution < 1.29 is 9.53 Å². The molecule has 0 radical (unpaired) electrons. The summed E-state index contributed by atoms with van der Waals surface area (Å²) in [5, 5.41) is 0. The number of nitrogens with zero attached hydrogens (tertiary/aromatic N) is 4. The summed E-state index contributed by atoms with van der Waals surface area (Å²) in [4.78, 5) is 24.4. The molecule has 3 heterocycles. The highest BCUT2D eigenvalue weighted by Gasteiger charge is 2.21. The molecular formula is C17H20N4O2. The lowest BCUT2D eigenvalue weighted by Crippen LogP contribution is -2.31. The Morgan fingerprint density at radius 3 is 2.74 bits per heavy atom.